The number of hydrogen-bond donors (Lipinski definition) is 1. The number of benzene rings is 1. The monoisotopic (exact) mass is 203 g/mol. The third kappa shape index (κ3) is 1.79. The van der Waals surface area contributed by atoms with E-state index >= 15 is 0 Å². The molecule has 0 bridgehead atoms. The number of nitrogens with zero attached hydrogens (tertiary/aromatic N) is 2. The summed E-state index contributed by atoms with van der Waals surface area (Å²) < 4.78 is 5.27. The third-order valence-electron chi connectivity index (χ3n) is 2.17. The molecule has 2 rings (SSSR count). The number of rotatable bonds is 2. The Bertz CT molecular complexity index is 449. The van der Waals surface area contributed by atoms with Gasteiger partial charge in [0.05, 0.1) is 11.8 Å². The van der Waals surface area contributed by atoms with Crippen LogP contribution in [0, 0.1) is 0 Å². The molecule has 0 fully saturated rings. The van der Waals surface area contributed by atoms with E-state index in [9.17, 15) is 0 Å². The molecule has 0 saturated heterocycles. The Morgan fingerprint density at radius 2 is 2.13 bits per heavy atom. The van der Waals surface area contributed by atoms with Crippen LogP contribution in [-0.4, -0.2) is 19.1 Å². The molecule has 0 spiro atoms. The number of aromatic nitrogens is 1. The summed E-state index contributed by atoms with van der Waals surface area (Å²) in [5, 5.41) is 0. The van der Waals surface area contributed by atoms with E-state index in [1.165, 1.54) is 0 Å². The first-order valence-electron chi connectivity index (χ1n) is 4.65. The minimum Gasteiger partial charge on any atom is -0.444 e. The number of oxazole rings is 1. The summed E-state index contributed by atoms with van der Waals surface area (Å²) in [6.07, 6.45) is 3.18. The van der Waals surface area contributed by atoms with Crippen LogP contribution >= 0.6 is 0 Å². The molecule has 0 aliphatic heterocycles. The molecule has 2 aromatic rings. The summed E-state index contributed by atoms with van der Waals surface area (Å²) in [7, 11) is 3.94. The zero-order valence-electron chi connectivity index (χ0n) is 8.77. The topological polar surface area (TPSA) is 55.3 Å². The van der Waals surface area contributed by atoms with Gasteiger partial charge in [-0.15, -0.1) is 0 Å². The van der Waals surface area contributed by atoms with Crippen molar-refractivity contribution in [1.29, 1.82) is 0 Å². The lowest BCUT2D eigenvalue weighted by Crippen LogP contribution is -2.10. The van der Waals surface area contributed by atoms with Gasteiger partial charge in [0, 0.05) is 25.5 Å². The van der Waals surface area contributed by atoms with Crippen molar-refractivity contribution in [2.24, 2.45) is 0 Å². The van der Waals surface area contributed by atoms with Gasteiger partial charge in [0.1, 0.15) is 6.26 Å². The smallest absolute Gasteiger partial charge is 0.228 e. The molecule has 0 unspecified atom stereocenters. The molecular formula is C11H13N3O. The molecule has 0 amide bonds. The molecule has 4 heteroatoms. The average molecular weight is 203 g/mol. The van der Waals surface area contributed by atoms with E-state index in [4.69, 9.17) is 10.2 Å². The second kappa shape index (κ2) is 3.65. The first-order valence-corrected chi connectivity index (χ1v) is 4.65. The van der Waals surface area contributed by atoms with Crippen molar-refractivity contribution in [1.82, 2.24) is 4.98 Å². The van der Waals surface area contributed by atoms with Crippen LogP contribution in [0.1, 0.15) is 0 Å². The molecule has 2 N–H and O–H groups in total. The van der Waals surface area contributed by atoms with Crippen LogP contribution in [0.5, 0.6) is 0 Å². The van der Waals surface area contributed by atoms with Crippen LogP contribution in [0.2, 0.25) is 0 Å². The predicted octanol–water partition coefficient (Wildman–Crippen LogP) is 1.99. The lowest BCUT2D eigenvalue weighted by Gasteiger charge is -2.16. The molecule has 1 heterocycles. The van der Waals surface area contributed by atoms with Gasteiger partial charge in [0.15, 0.2) is 0 Å². The SMILES string of the molecule is CN(C)c1ccc(N)cc1-c1ncco1. The molecule has 1 aromatic carbocycles. The number of hydrogen-bond acceptors (Lipinski definition) is 4. The molecule has 1 aromatic heterocycles. The fourth-order valence-electron chi connectivity index (χ4n) is 1.47. The highest BCUT2D eigenvalue weighted by Gasteiger charge is 2.10. The lowest BCUT2D eigenvalue weighted by molar-refractivity contribution is 0.574. The Balaban J connectivity index is 2.58. The van der Waals surface area contributed by atoms with Crippen LogP contribution in [0.4, 0.5) is 11.4 Å². The molecule has 4 nitrogen and oxygen atoms in total. The maximum absolute atomic E-state index is 5.75. The van der Waals surface area contributed by atoms with Gasteiger partial charge in [0.2, 0.25) is 5.89 Å². The van der Waals surface area contributed by atoms with E-state index in [-0.39, 0.29) is 0 Å². The van der Waals surface area contributed by atoms with Crippen molar-refractivity contribution >= 4 is 11.4 Å². The van der Waals surface area contributed by atoms with Gasteiger partial charge >= 0.3 is 0 Å². The standard InChI is InChI=1S/C11H13N3O/c1-14(2)10-4-3-8(12)7-9(10)11-13-5-6-15-11/h3-7H,12H2,1-2H3. The second-order valence-corrected chi connectivity index (χ2v) is 3.51. The molecule has 0 saturated carbocycles. The number of nitrogens with two attached hydrogens (primary N) is 1. The largest absolute Gasteiger partial charge is 0.444 e. The van der Waals surface area contributed by atoms with Crippen molar-refractivity contribution in [2.75, 3.05) is 24.7 Å². The minimum absolute atomic E-state index is 0.589. The Kier molecular flexibility index (Phi) is 2.33. The average Bonchev–Trinajstić information content (AvgIpc) is 2.69. The highest BCUT2D eigenvalue weighted by molar-refractivity contribution is 5.76. The van der Waals surface area contributed by atoms with Crippen LogP contribution in [-0.2, 0) is 0 Å². The summed E-state index contributed by atoms with van der Waals surface area (Å²) in [5.74, 6) is 0.589. The van der Waals surface area contributed by atoms with Gasteiger partial charge in [-0.1, -0.05) is 0 Å². The van der Waals surface area contributed by atoms with E-state index in [1.807, 2.05) is 37.2 Å². The normalized spacial score (nSPS) is 10.3. The van der Waals surface area contributed by atoms with Crippen molar-refractivity contribution in [3.63, 3.8) is 0 Å². The van der Waals surface area contributed by atoms with E-state index in [1.54, 1.807) is 12.5 Å². The lowest BCUT2D eigenvalue weighted by atomic mass is 10.1. The molecule has 0 radical (unpaired) electrons. The first kappa shape index (κ1) is 9.58. The van der Waals surface area contributed by atoms with Crippen molar-refractivity contribution in [3.8, 4) is 11.5 Å². The molecule has 0 aliphatic carbocycles. The maximum Gasteiger partial charge on any atom is 0.228 e. The van der Waals surface area contributed by atoms with Gasteiger partial charge in [-0.25, -0.2) is 4.98 Å². The quantitative estimate of drug-likeness (QED) is 0.758. The summed E-state index contributed by atoms with van der Waals surface area (Å²) in [5.41, 5.74) is 8.39. The Hall–Kier alpha value is -1.97. The van der Waals surface area contributed by atoms with Crippen LogP contribution < -0.4 is 10.6 Å². The molecule has 0 atom stereocenters. The first-order chi connectivity index (χ1) is 7.18. The van der Waals surface area contributed by atoms with Crippen LogP contribution in [0.15, 0.2) is 35.1 Å². The van der Waals surface area contributed by atoms with Gasteiger partial charge in [0.25, 0.3) is 0 Å². The molecule has 0 aliphatic rings. The zero-order valence-corrected chi connectivity index (χ0v) is 8.77. The van der Waals surface area contributed by atoms with Gasteiger partial charge in [-0.2, -0.15) is 0 Å². The Morgan fingerprint density at radius 3 is 2.73 bits per heavy atom. The highest BCUT2D eigenvalue weighted by atomic mass is 16.3. The Morgan fingerprint density at radius 1 is 1.33 bits per heavy atom. The second-order valence-electron chi connectivity index (χ2n) is 3.51. The zero-order chi connectivity index (χ0) is 10.8. The number of anilines is 2. The van der Waals surface area contributed by atoms with Gasteiger partial charge < -0.3 is 15.1 Å². The van der Waals surface area contributed by atoms with Crippen molar-refractivity contribution in [3.05, 3.63) is 30.7 Å². The highest BCUT2D eigenvalue weighted by Crippen LogP contribution is 2.30. The van der Waals surface area contributed by atoms with Crippen LogP contribution in [0.25, 0.3) is 11.5 Å². The summed E-state index contributed by atoms with van der Waals surface area (Å²) in [6, 6.07) is 5.68. The maximum atomic E-state index is 5.75. The minimum atomic E-state index is 0.589. The fourth-order valence-corrected chi connectivity index (χ4v) is 1.47. The fraction of sp³-hybridized carbons (Fsp3) is 0.182. The molecule has 15 heavy (non-hydrogen) atoms. The van der Waals surface area contributed by atoms with E-state index in [0.29, 0.717) is 11.6 Å². The van der Waals surface area contributed by atoms with E-state index in [0.717, 1.165) is 11.3 Å². The predicted molar refractivity (Wildman–Crippen MR) is 60.7 cm³/mol. The number of nitrogen functional groups attached to an aromatic ring is 1. The van der Waals surface area contributed by atoms with Gasteiger partial charge in [-0.05, 0) is 18.2 Å². The van der Waals surface area contributed by atoms with Gasteiger partial charge in [-0.3, -0.25) is 0 Å². The van der Waals surface area contributed by atoms with Crippen molar-refractivity contribution < 1.29 is 4.42 Å². The summed E-state index contributed by atoms with van der Waals surface area (Å²) in [6.45, 7) is 0. The molecule has 78 valence electrons. The summed E-state index contributed by atoms with van der Waals surface area (Å²) >= 11 is 0. The Labute approximate surface area is 88.3 Å². The molecular weight excluding hydrogens is 190 g/mol. The summed E-state index contributed by atoms with van der Waals surface area (Å²) in [4.78, 5) is 6.12. The van der Waals surface area contributed by atoms with Crippen molar-refractivity contribution in [2.45, 2.75) is 0 Å². The van der Waals surface area contributed by atoms with E-state index < -0.39 is 0 Å². The third-order valence-corrected chi connectivity index (χ3v) is 2.17. The van der Waals surface area contributed by atoms with E-state index in [2.05, 4.69) is 4.98 Å². The van der Waals surface area contributed by atoms with Crippen LogP contribution in [0.3, 0.4) is 0 Å².